The number of hydrogen-bond donors (Lipinski definition) is 0. The van der Waals surface area contributed by atoms with Crippen LogP contribution in [0.4, 0.5) is 0 Å². The molecule has 4 aromatic rings. The highest BCUT2D eigenvalue weighted by Gasteiger charge is 2.18. The first-order valence-electron chi connectivity index (χ1n) is 13.2. The Morgan fingerprint density at radius 3 is 1.71 bits per heavy atom. The Morgan fingerprint density at radius 2 is 1.15 bits per heavy atom. The number of imidazole rings is 1. The van der Waals surface area contributed by atoms with E-state index >= 15 is 0 Å². The van der Waals surface area contributed by atoms with E-state index < -0.39 is 0 Å². The van der Waals surface area contributed by atoms with Crippen molar-refractivity contribution in [3.8, 4) is 22.4 Å². The van der Waals surface area contributed by atoms with Gasteiger partial charge in [0.2, 0.25) is 0 Å². The van der Waals surface area contributed by atoms with Crippen molar-refractivity contribution in [2.45, 2.75) is 78.3 Å². The van der Waals surface area contributed by atoms with E-state index in [9.17, 15) is 0 Å². The zero-order valence-electron chi connectivity index (χ0n) is 21.3. The summed E-state index contributed by atoms with van der Waals surface area (Å²) in [6, 6.07) is 13.5. The summed E-state index contributed by atoms with van der Waals surface area (Å²) in [5, 5.41) is 0. The Kier molecular flexibility index (Phi) is 8.46. The molecule has 0 aliphatic carbocycles. The van der Waals surface area contributed by atoms with Gasteiger partial charge < -0.3 is 0 Å². The molecule has 4 nitrogen and oxygen atoms in total. The van der Waals surface area contributed by atoms with Gasteiger partial charge >= 0.3 is 0 Å². The molecule has 0 saturated carbocycles. The standard InChI is InChI=1S/C30H41N4/c1-4-6-8-10-17-32-19-12-26(13-20-32)28-16-23-34-25-29(31(3)30(34)24-28)27-14-21-33(22-15-27)18-11-9-7-5-2/h12-16,19-25H,4-11,17-18H2,1-3H3/q+3. The first kappa shape index (κ1) is 24.1. The largest absolute Gasteiger partial charge is 0.287 e. The molecule has 0 radical (unpaired) electrons. The van der Waals surface area contributed by atoms with Crippen LogP contribution in [0.25, 0.3) is 28.0 Å². The molecule has 0 aliphatic rings. The maximum absolute atomic E-state index is 2.30. The Balaban J connectivity index is 1.48. The number of hydrogen-bond acceptors (Lipinski definition) is 0. The molecule has 34 heavy (non-hydrogen) atoms. The van der Waals surface area contributed by atoms with E-state index in [1.807, 2.05) is 0 Å². The first-order valence-corrected chi connectivity index (χ1v) is 13.2. The normalized spacial score (nSPS) is 11.4. The van der Waals surface area contributed by atoms with Crippen molar-refractivity contribution in [2.24, 2.45) is 7.05 Å². The number of fused-ring (bicyclic) bond motifs is 1. The van der Waals surface area contributed by atoms with E-state index in [0.29, 0.717) is 0 Å². The zero-order chi connectivity index (χ0) is 23.8. The van der Waals surface area contributed by atoms with Crippen LogP contribution in [0.3, 0.4) is 0 Å². The lowest BCUT2D eigenvalue weighted by atomic mass is 10.1. The maximum Gasteiger partial charge on any atom is 0.287 e. The molecule has 0 fully saturated rings. The minimum Gasteiger partial charge on any atom is -0.226 e. The highest BCUT2D eigenvalue weighted by Crippen LogP contribution is 2.22. The fourth-order valence-electron chi connectivity index (χ4n) is 4.69. The van der Waals surface area contributed by atoms with Crippen molar-refractivity contribution in [3.63, 3.8) is 0 Å². The minimum absolute atomic E-state index is 1.10. The Bertz CT molecular complexity index is 1170. The molecule has 4 aromatic heterocycles. The lowest BCUT2D eigenvalue weighted by Gasteiger charge is -2.02. The molecule has 4 heterocycles. The van der Waals surface area contributed by atoms with E-state index in [1.54, 1.807) is 0 Å². The maximum atomic E-state index is 2.30. The molecule has 178 valence electrons. The predicted octanol–water partition coefficient (Wildman–Crippen LogP) is 5.83. The molecule has 0 N–H and O–H groups in total. The summed E-state index contributed by atoms with van der Waals surface area (Å²) in [6.07, 6.45) is 23.7. The molecule has 0 aliphatic heterocycles. The first-order chi connectivity index (χ1) is 16.7. The molecule has 0 spiro atoms. The molecule has 4 rings (SSSR count). The van der Waals surface area contributed by atoms with E-state index in [0.717, 1.165) is 13.1 Å². The van der Waals surface area contributed by atoms with Crippen molar-refractivity contribution in [1.82, 2.24) is 4.57 Å². The van der Waals surface area contributed by atoms with E-state index in [4.69, 9.17) is 0 Å². The summed E-state index contributed by atoms with van der Waals surface area (Å²) >= 11 is 0. The van der Waals surface area contributed by atoms with Crippen molar-refractivity contribution in [1.29, 1.82) is 0 Å². The fraction of sp³-hybridized carbons (Fsp3) is 0.433. The van der Waals surface area contributed by atoms with E-state index in [-0.39, 0.29) is 0 Å². The summed E-state index contributed by atoms with van der Waals surface area (Å²) in [5.74, 6) is 0. The summed E-state index contributed by atoms with van der Waals surface area (Å²) in [7, 11) is 2.16. The molecular formula is C30H41N4+3. The third kappa shape index (κ3) is 5.91. The van der Waals surface area contributed by atoms with Crippen LogP contribution in [0.2, 0.25) is 0 Å². The monoisotopic (exact) mass is 457 g/mol. The van der Waals surface area contributed by atoms with Crippen LogP contribution >= 0.6 is 0 Å². The van der Waals surface area contributed by atoms with Crippen molar-refractivity contribution in [3.05, 3.63) is 73.6 Å². The minimum atomic E-state index is 1.10. The van der Waals surface area contributed by atoms with E-state index in [2.05, 4.69) is 113 Å². The molecule has 0 unspecified atom stereocenters. The summed E-state index contributed by atoms with van der Waals surface area (Å²) in [6.45, 7) is 6.73. The summed E-state index contributed by atoms with van der Waals surface area (Å²) < 4.78 is 9.12. The Hall–Kier alpha value is -3.01. The fourth-order valence-corrected chi connectivity index (χ4v) is 4.69. The van der Waals surface area contributed by atoms with Crippen LogP contribution in [0.1, 0.15) is 65.2 Å². The van der Waals surface area contributed by atoms with Crippen LogP contribution in [0.5, 0.6) is 0 Å². The third-order valence-electron chi connectivity index (χ3n) is 6.88. The second kappa shape index (κ2) is 11.9. The smallest absolute Gasteiger partial charge is 0.226 e. The molecular weight excluding hydrogens is 416 g/mol. The quantitative estimate of drug-likeness (QED) is 0.188. The number of pyridine rings is 3. The SMILES string of the molecule is CCCCCC[n+]1ccc(-c2cc[n+]3cc(-c4cc[n+](CCCCCC)cc4)n(C)c3c2)cc1. The number of nitrogens with zero attached hydrogens (tertiary/aromatic N) is 4. The molecule has 0 aromatic carbocycles. The van der Waals surface area contributed by atoms with Gasteiger partial charge in [-0.1, -0.05) is 39.5 Å². The Morgan fingerprint density at radius 1 is 0.618 bits per heavy atom. The van der Waals surface area contributed by atoms with Gasteiger partial charge in [0.25, 0.3) is 5.65 Å². The lowest BCUT2D eigenvalue weighted by Crippen LogP contribution is -2.32. The second-order valence-corrected chi connectivity index (χ2v) is 9.52. The van der Waals surface area contributed by atoms with Crippen LogP contribution in [-0.2, 0) is 20.1 Å². The molecule has 0 bridgehead atoms. The highest BCUT2D eigenvalue weighted by atomic mass is 15.1. The van der Waals surface area contributed by atoms with Gasteiger partial charge in [-0.2, -0.15) is 0 Å². The van der Waals surface area contributed by atoms with Crippen molar-refractivity contribution >= 4 is 5.65 Å². The van der Waals surface area contributed by atoms with Crippen LogP contribution in [-0.4, -0.2) is 4.57 Å². The van der Waals surface area contributed by atoms with Gasteiger partial charge in [0.05, 0.1) is 13.2 Å². The van der Waals surface area contributed by atoms with Crippen molar-refractivity contribution in [2.75, 3.05) is 0 Å². The average molecular weight is 458 g/mol. The van der Waals surface area contributed by atoms with Crippen LogP contribution in [0, 0.1) is 0 Å². The molecule has 0 atom stereocenters. The average Bonchev–Trinajstić information content (AvgIpc) is 3.21. The van der Waals surface area contributed by atoms with Gasteiger partial charge in [0, 0.05) is 48.7 Å². The van der Waals surface area contributed by atoms with Crippen LogP contribution in [0.15, 0.2) is 73.6 Å². The number of unbranched alkanes of at least 4 members (excludes halogenated alkanes) is 6. The van der Waals surface area contributed by atoms with Gasteiger partial charge in [-0.25, -0.2) is 18.1 Å². The number of aryl methyl sites for hydroxylation is 3. The third-order valence-corrected chi connectivity index (χ3v) is 6.88. The van der Waals surface area contributed by atoms with Gasteiger partial charge in [-0.3, -0.25) is 0 Å². The van der Waals surface area contributed by atoms with Gasteiger partial charge in [-0.15, -0.1) is 0 Å². The van der Waals surface area contributed by atoms with Crippen LogP contribution < -0.4 is 13.5 Å². The molecule has 4 heteroatoms. The number of rotatable bonds is 12. The Labute approximate surface area is 205 Å². The van der Waals surface area contributed by atoms with Gasteiger partial charge in [-0.05, 0) is 30.0 Å². The predicted molar refractivity (Wildman–Crippen MR) is 138 cm³/mol. The van der Waals surface area contributed by atoms with Crippen molar-refractivity contribution < 1.29 is 13.5 Å². The topological polar surface area (TPSA) is 16.8 Å². The highest BCUT2D eigenvalue weighted by molar-refractivity contribution is 5.67. The molecule has 0 amide bonds. The lowest BCUT2D eigenvalue weighted by molar-refractivity contribution is -0.697. The summed E-state index contributed by atoms with van der Waals surface area (Å²) in [4.78, 5) is 0. The number of aromatic nitrogens is 4. The zero-order valence-corrected chi connectivity index (χ0v) is 21.3. The molecule has 0 saturated heterocycles. The second-order valence-electron chi connectivity index (χ2n) is 9.52. The van der Waals surface area contributed by atoms with E-state index in [1.165, 1.54) is 79.4 Å². The van der Waals surface area contributed by atoms with Gasteiger partial charge in [0.1, 0.15) is 19.3 Å². The van der Waals surface area contributed by atoms with Gasteiger partial charge in [0.15, 0.2) is 30.5 Å². The summed E-state index contributed by atoms with van der Waals surface area (Å²) in [5.41, 5.74) is 6.19.